The zero-order chi connectivity index (χ0) is 20.2. The average Bonchev–Trinajstić information content (AvgIpc) is 3.16. The van der Waals surface area contributed by atoms with Crippen molar-refractivity contribution in [2.45, 2.75) is 29.0 Å². The van der Waals surface area contributed by atoms with Gasteiger partial charge in [-0.05, 0) is 42.7 Å². The maximum absolute atomic E-state index is 12.8. The number of fused-ring (bicyclic) bond motifs is 2. The zero-order valence-corrected chi connectivity index (χ0v) is 17.6. The molecule has 0 bridgehead atoms. The second-order valence-corrected chi connectivity index (χ2v) is 9.07. The summed E-state index contributed by atoms with van der Waals surface area (Å²) in [6.45, 7) is 0. The van der Waals surface area contributed by atoms with E-state index in [1.54, 1.807) is 11.8 Å². The molecule has 3 N–H and O–H groups in total. The zero-order valence-electron chi connectivity index (χ0n) is 16.0. The minimum Gasteiger partial charge on any atom is -0.346 e. The molecule has 150 valence electrons. The van der Waals surface area contributed by atoms with Crippen molar-refractivity contribution in [3.63, 3.8) is 0 Å². The summed E-state index contributed by atoms with van der Waals surface area (Å²) in [5.41, 5.74) is 2.63. The van der Waals surface area contributed by atoms with Crippen molar-refractivity contribution in [2.24, 2.45) is 0 Å². The number of H-pyrrole nitrogens is 1. The number of aromatic amines is 1. The van der Waals surface area contributed by atoms with Gasteiger partial charge in [-0.15, -0.1) is 11.8 Å². The lowest BCUT2D eigenvalue weighted by molar-refractivity contribution is -0.124. The first-order valence-corrected chi connectivity index (χ1v) is 11.7. The van der Waals surface area contributed by atoms with E-state index in [0.717, 1.165) is 39.6 Å². The van der Waals surface area contributed by atoms with Crippen LogP contribution in [0.5, 0.6) is 0 Å². The number of carbonyl (C=O) groups excluding carboxylic acids is 2. The topological polar surface area (TPSA) is 86.9 Å². The number of thioether (sulfide) groups is 2. The van der Waals surface area contributed by atoms with Gasteiger partial charge in [0.2, 0.25) is 11.8 Å². The number of benzene rings is 2. The fourth-order valence-electron chi connectivity index (χ4n) is 3.30. The lowest BCUT2D eigenvalue weighted by atomic mass is 10.2. The second-order valence-electron chi connectivity index (χ2n) is 6.84. The van der Waals surface area contributed by atoms with E-state index < -0.39 is 5.25 Å². The molecule has 2 atom stereocenters. The molecule has 8 heteroatoms. The van der Waals surface area contributed by atoms with Crippen molar-refractivity contribution in [2.75, 3.05) is 17.3 Å². The van der Waals surface area contributed by atoms with Crippen molar-refractivity contribution < 1.29 is 9.59 Å². The number of hydrogen-bond donors (Lipinski definition) is 3. The number of rotatable bonds is 7. The summed E-state index contributed by atoms with van der Waals surface area (Å²) < 4.78 is 0. The predicted molar refractivity (Wildman–Crippen MR) is 119 cm³/mol. The molecule has 4 rings (SSSR count). The molecule has 0 aliphatic carbocycles. The van der Waals surface area contributed by atoms with Crippen molar-refractivity contribution in [1.82, 2.24) is 15.3 Å². The highest BCUT2D eigenvalue weighted by atomic mass is 32.2. The van der Waals surface area contributed by atoms with Crippen LogP contribution >= 0.6 is 23.5 Å². The third kappa shape index (κ3) is 4.59. The Hall–Kier alpha value is -2.45. The number of nitrogens with one attached hydrogen (secondary N) is 3. The first-order valence-electron chi connectivity index (χ1n) is 9.43. The minimum atomic E-state index is -0.443. The van der Waals surface area contributed by atoms with E-state index >= 15 is 0 Å². The predicted octanol–water partition coefficient (Wildman–Crippen LogP) is 3.98. The Labute approximate surface area is 177 Å². The van der Waals surface area contributed by atoms with Gasteiger partial charge < -0.3 is 15.6 Å². The lowest BCUT2D eigenvalue weighted by Crippen LogP contribution is -2.36. The summed E-state index contributed by atoms with van der Waals surface area (Å²) in [6.07, 6.45) is 2.93. The molecule has 29 heavy (non-hydrogen) atoms. The molecule has 0 saturated carbocycles. The van der Waals surface area contributed by atoms with Gasteiger partial charge in [-0.25, -0.2) is 4.98 Å². The van der Waals surface area contributed by atoms with Gasteiger partial charge in [-0.1, -0.05) is 24.3 Å². The molecule has 1 aliphatic heterocycles. The fraction of sp³-hybridized carbons (Fsp3) is 0.286. The van der Waals surface area contributed by atoms with E-state index in [9.17, 15) is 9.59 Å². The second kappa shape index (κ2) is 8.92. The van der Waals surface area contributed by atoms with Crippen molar-refractivity contribution in [3.8, 4) is 0 Å². The third-order valence-corrected chi connectivity index (χ3v) is 6.68. The van der Waals surface area contributed by atoms with Crippen LogP contribution in [-0.2, 0) is 9.59 Å². The van der Waals surface area contributed by atoms with Gasteiger partial charge in [-0.2, -0.15) is 11.8 Å². The Balaban J connectivity index is 1.46. The monoisotopic (exact) mass is 426 g/mol. The maximum atomic E-state index is 12.8. The molecular weight excluding hydrogens is 404 g/mol. The molecule has 3 aromatic rings. The SMILES string of the molecule is CSCC[C@@H](NC(=O)C[C@@H]1Sc2ccccc2NC1=O)c1nc2ccccc2[nH]1. The van der Waals surface area contributed by atoms with E-state index in [4.69, 9.17) is 0 Å². The van der Waals surface area contributed by atoms with E-state index in [2.05, 4.69) is 20.6 Å². The number of hydrogen-bond acceptors (Lipinski definition) is 5. The summed E-state index contributed by atoms with van der Waals surface area (Å²) >= 11 is 3.16. The molecular formula is C21H22N4O2S2. The Bertz CT molecular complexity index is 1000. The molecule has 0 spiro atoms. The van der Waals surface area contributed by atoms with Gasteiger partial charge in [-0.3, -0.25) is 9.59 Å². The smallest absolute Gasteiger partial charge is 0.238 e. The highest BCUT2D eigenvalue weighted by Gasteiger charge is 2.30. The van der Waals surface area contributed by atoms with E-state index in [0.29, 0.717) is 0 Å². The Morgan fingerprint density at radius 3 is 2.86 bits per heavy atom. The Morgan fingerprint density at radius 2 is 2.03 bits per heavy atom. The fourth-order valence-corrected chi connectivity index (χ4v) is 4.88. The molecule has 1 aliphatic rings. The Kier molecular flexibility index (Phi) is 6.10. The van der Waals surface area contributed by atoms with Crippen LogP contribution in [0, 0.1) is 0 Å². The molecule has 0 unspecified atom stereocenters. The third-order valence-electron chi connectivity index (χ3n) is 4.76. The quantitative estimate of drug-likeness (QED) is 0.532. The molecule has 1 aromatic heterocycles. The summed E-state index contributed by atoms with van der Waals surface area (Å²) in [6, 6.07) is 15.2. The van der Waals surface area contributed by atoms with Crippen LogP contribution in [0.2, 0.25) is 0 Å². The van der Waals surface area contributed by atoms with E-state index in [1.807, 2.05) is 54.8 Å². The summed E-state index contributed by atoms with van der Waals surface area (Å²) in [5.74, 6) is 1.37. The number of para-hydroxylation sites is 3. The minimum absolute atomic E-state index is 0.126. The molecule has 2 amide bonds. The van der Waals surface area contributed by atoms with Gasteiger partial charge in [0.1, 0.15) is 5.82 Å². The number of nitrogens with zero attached hydrogens (tertiary/aromatic N) is 1. The number of anilines is 1. The molecule has 0 fully saturated rings. The first-order chi connectivity index (χ1) is 14.1. The largest absolute Gasteiger partial charge is 0.346 e. The van der Waals surface area contributed by atoms with Crippen LogP contribution in [0.4, 0.5) is 5.69 Å². The number of carbonyl (C=O) groups is 2. The normalized spacial score (nSPS) is 16.9. The van der Waals surface area contributed by atoms with Crippen LogP contribution in [0.3, 0.4) is 0 Å². The van der Waals surface area contributed by atoms with E-state index in [1.165, 1.54) is 11.8 Å². The van der Waals surface area contributed by atoms with Gasteiger partial charge in [0, 0.05) is 11.3 Å². The van der Waals surface area contributed by atoms with Crippen LogP contribution in [0.1, 0.15) is 24.7 Å². The van der Waals surface area contributed by atoms with Crippen LogP contribution in [0.25, 0.3) is 11.0 Å². The Morgan fingerprint density at radius 1 is 1.24 bits per heavy atom. The van der Waals surface area contributed by atoms with Gasteiger partial charge in [0.05, 0.1) is 28.0 Å². The lowest BCUT2D eigenvalue weighted by Gasteiger charge is -2.24. The van der Waals surface area contributed by atoms with Crippen molar-refractivity contribution in [3.05, 3.63) is 54.4 Å². The summed E-state index contributed by atoms with van der Waals surface area (Å²) in [4.78, 5) is 34.1. The molecule has 2 heterocycles. The van der Waals surface area contributed by atoms with Crippen LogP contribution in [0.15, 0.2) is 53.4 Å². The molecule has 0 saturated heterocycles. The molecule has 2 aromatic carbocycles. The number of imidazole rings is 1. The van der Waals surface area contributed by atoms with E-state index in [-0.39, 0.29) is 24.3 Å². The van der Waals surface area contributed by atoms with Crippen molar-refractivity contribution >= 4 is 52.1 Å². The highest BCUT2D eigenvalue weighted by molar-refractivity contribution is 8.01. The van der Waals surface area contributed by atoms with Crippen LogP contribution in [-0.4, -0.2) is 39.0 Å². The standard InChI is InChI=1S/C21H22N4O2S2/c1-28-11-10-16(20-23-13-6-2-3-7-14(13)24-20)22-19(26)12-18-21(27)25-15-8-4-5-9-17(15)29-18/h2-9,16,18H,10-12H2,1H3,(H,22,26)(H,23,24)(H,25,27)/t16-,18+/m1/s1. The van der Waals surface area contributed by atoms with Crippen molar-refractivity contribution in [1.29, 1.82) is 0 Å². The average molecular weight is 427 g/mol. The molecule has 0 radical (unpaired) electrons. The van der Waals surface area contributed by atoms with Crippen LogP contribution < -0.4 is 10.6 Å². The summed E-state index contributed by atoms with van der Waals surface area (Å²) in [5, 5.41) is 5.53. The van der Waals surface area contributed by atoms with Gasteiger partial charge in [0.25, 0.3) is 0 Å². The number of aromatic nitrogens is 2. The van der Waals surface area contributed by atoms with Gasteiger partial charge in [0.15, 0.2) is 0 Å². The highest BCUT2D eigenvalue weighted by Crippen LogP contribution is 2.36. The maximum Gasteiger partial charge on any atom is 0.238 e. The van der Waals surface area contributed by atoms with Gasteiger partial charge >= 0.3 is 0 Å². The first kappa shape index (κ1) is 19.8. The molecule has 6 nitrogen and oxygen atoms in total. The summed E-state index contributed by atoms with van der Waals surface area (Å²) in [7, 11) is 0. The number of amides is 2.